The van der Waals surface area contributed by atoms with Gasteiger partial charge in [0.15, 0.2) is 5.82 Å². The minimum atomic E-state index is -0.603. The Balaban J connectivity index is 2.13. The number of nitrogens with one attached hydrogen (secondary N) is 1. The van der Waals surface area contributed by atoms with E-state index in [1.165, 1.54) is 6.33 Å². The van der Waals surface area contributed by atoms with Gasteiger partial charge in [0.1, 0.15) is 17.6 Å². The molecule has 0 saturated carbocycles. The summed E-state index contributed by atoms with van der Waals surface area (Å²) in [6.45, 7) is 2.88. The van der Waals surface area contributed by atoms with E-state index in [-0.39, 0.29) is 5.91 Å². The van der Waals surface area contributed by atoms with Crippen molar-refractivity contribution < 1.29 is 9.53 Å². The number of aryl methyl sites for hydroxylation is 1. The minimum absolute atomic E-state index is 0.0251. The highest BCUT2D eigenvalue weighted by molar-refractivity contribution is 6.06. The first-order valence-electron chi connectivity index (χ1n) is 5.60. The van der Waals surface area contributed by atoms with Gasteiger partial charge in [0.2, 0.25) is 0 Å². The van der Waals surface area contributed by atoms with Gasteiger partial charge < -0.3 is 15.0 Å². The van der Waals surface area contributed by atoms with Crippen molar-refractivity contribution in [1.29, 1.82) is 0 Å². The molecule has 2 aliphatic heterocycles. The molecule has 0 aromatic carbocycles. The maximum Gasteiger partial charge on any atom is 0.252 e. The summed E-state index contributed by atoms with van der Waals surface area (Å²) < 4.78 is 5.38. The monoisotopic (exact) mass is 234 g/mol. The molecule has 6 nitrogen and oxygen atoms in total. The maximum absolute atomic E-state index is 12.3. The molecule has 1 unspecified atom stereocenters. The van der Waals surface area contributed by atoms with Crippen LogP contribution in [0.1, 0.15) is 12.1 Å². The van der Waals surface area contributed by atoms with Crippen LogP contribution in [0.2, 0.25) is 0 Å². The number of nitrogens with zero attached hydrogens (tertiary/aromatic N) is 3. The fourth-order valence-electron chi connectivity index (χ4n) is 2.44. The van der Waals surface area contributed by atoms with E-state index in [2.05, 4.69) is 15.3 Å². The Kier molecular flexibility index (Phi) is 2.09. The van der Waals surface area contributed by atoms with E-state index >= 15 is 0 Å². The van der Waals surface area contributed by atoms with E-state index in [9.17, 15) is 4.79 Å². The van der Waals surface area contributed by atoms with Gasteiger partial charge in [0, 0.05) is 20.1 Å². The van der Waals surface area contributed by atoms with Crippen LogP contribution in [-0.4, -0.2) is 41.7 Å². The number of likely N-dealkylation sites (N-methyl/N-ethyl adjacent to an activating group) is 1. The molecule has 1 amide bonds. The third kappa shape index (κ3) is 1.27. The molecule has 0 radical (unpaired) electrons. The van der Waals surface area contributed by atoms with Crippen LogP contribution in [0.25, 0.3) is 0 Å². The molecule has 1 N–H and O–H groups in total. The molecule has 0 aliphatic carbocycles. The summed E-state index contributed by atoms with van der Waals surface area (Å²) in [5.74, 6) is 0.741. The zero-order valence-electron chi connectivity index (χ0n) is 9.86. The molecule has 17 heavy (non-hydrogen) atoms. The lowest BCUT2D eigenvalue weighted by Gasteiger charge is -2.41. The summed E-state index contributed by atoms with van der Waals surface area (Å²) in [7, 11) is 1.89. The van der Waals surface area contributed by atoms with Crippen molar-refractivity contribution in [2.24, 2.45) is 0 Å². The number of carbonyl (C=O) groups is 1. The molecule has 6 heteroatoms. The third-order valence-corrected chi connectivity index (χ3v) is 3.64. The number of anilines is 2. The highest BCUT2D eigenvalue weighted by Crippen LogP contribution is 2.38. The molecule has 3 rings (SSSR count). The average Bonchev–Trinajstić information content (AvgIpc) is 2.79. The number of aromatic nitrogens is 2. The summed E-state index contributed by atoms with van der Waals surface area (Å²) in [5, 5.41) is 2.91. The molecular weight excluding hydrogens is 220 g/mol. The zero-order chi connectivity index (χ0) is 12.0. The predicted molar refractivity (Wildman–Crippen MR) is 62.0 cm³/mol. The normalized spacial score (nSPS) is 27.2. The van der Waals surface area contributed by atoms with E-state index in [4.69, 9.17) is 4.74 Å². The fourth-order valence-corrected chi connectivity index (χ4v) is 2.44. The molecule has 1 atom stereocenters. The van der Waals surface area contributed by atoms with Crippen LogP contribution < -0.4 is 10.2 Å². The van der Waals surface area contributed by atoms with Crippen molar-refractivity contribution in [3.8, 4) is 0 Å². The highest BCUT2D eigenvalue weighted by Gasteiger charge is 2.50. The average molecular weight is 234 g/mol. The molecule has 3 heterocycles. The topological polar surface area (TPSA) is 67.3 Å². The van der Waals surface area contributed by atoms with Crippen LogP contribution in [0.15, 0.2) is 6.33 Å². The van der Waals surface area contributed by atoms with Gasteiger partial charge in [0.05, 0.1) is 12.3 Å². The van der Waals surface area contributed by atoms with E-state index in [0.717, 1.165) is 11.5 Å². The maximum atomic E-state index is 12.3. The Morgan fingerprint density at radius 2 is 2.35 bits per heavy atom. The van der Waals surface area contributed by atoms with Gasteiger partial charge >= 0.3 is 0 Å². The SMILES string of the molecule is Cc1ncnc2c1NC(=O)C1(CCOC1)N2C. The van der Waals surface area contributed by atoms with Gasteiger partial charge in [-0.05, 0) is 6.92 Å². The quantitative estimate of drug-likeness (QED) is 0.700. The number of ether oxygens (including phenoxy) is 1. The molecule has 1 aromatic rings. The Morgan fingerprint density at radius 1 is 1.53 bits per heavy atom. The third-order valence-electron chi connectivity index (χ3n) is 3.64. The van der Waals surface area contributed by atoms with Gasteiger partial charge in [-0.25, -0.2) is 9.97 Å². The van der Waals surface area contributed by atoms with Gasteiger partial charge in [-0.1, -0.05) is 0 Å². The van der Waals surface area contributed by atoms with Crippen molar-refractivity contribution in [3.05, 3.63) is 12.0 Å². The first-order chi connectivity index (χ1) is 8.15. The van der Waals surface area contributed by atoms with Crippen molar-refractivity contribution in [2.75, 3.05) is 30.5 Å². The molecule has 90 valence electrons. The second-order valence-corrected chi connectivity index (χ2v) is 4.50. The van der Waals surface area contributed by atoms with E-state index in [1.54, 1.807) is 0 Å². The lowest BCUT2D eigenvalue weighted by atomic mass is 9.93. The Morgan fingerprint density at radius 3 is 3.06 bits per heavy atom. The van der Waals surface area contributed by atoms with Gasteiger partial charge in [0.25, 0.3) is 5.91 Å². The number of rotatable bonds is 0. The summed E-state index contributed by atoms with van der Waals surface area (Å²) in [4.78, 5) is 22.5. The Hall–Kier alpha value is -1.69. The molecule has 1 fully saturated rings. The van der Waals surface area contributed by atoms with E-state index < -0.39 is 5.54 Å². The molecule has 2 aliphatic rings. The second-order valence-electron chi connectivity index (χ2n) is 4.50. The fraction of sp³-hybridized carbons (Fsp3) is 0.545. The van der Waals surface area contributed by atoms with Crippen LogP contribution in [0.4, 0.5) is 11.5 Å². The number of amides is 1. The van der Waals surface area contributed by atoms with E-state index in [0.29, 0.717) is 25.3 Å². The van der Waals surface area contributed by atoms with Gasteiger partial charge in [-0.15, -0.1) is 0 Å². The van der Waals surface area contributed by atoms with Crippen molar-refractivity contribution in [2.45, 2.75) is 18.9 Å². The first kappa shape index (κ1) is 10.5. The summed E-state index contributed by atoms with van der Waals surface area (Å²) in [5.41, 5.74) is 0.884. The van der Waals surface area contributed by atoms with E-state index in [1.807, 2.05) is 18.9 Å². The van der Waals surface area contributed by atoms with Crippen molar-refractivity contribution in [1.82, 2.24) is 9.97 Å². The number of hydrogen-bond donors (Lipinski definition) is 1. The number of fused-ring (bicyclic) bond motifs is 1. The molecular formula is C11H14N4O2. The van der Waals surface area contributed by atoms with Gasteiger partial charge in [-0.2, -0.15) is 0 Å². The largest absolute Gasteiger partial charge is 0.378 e. The number of carbonyl (C=O) groups excluding carboxylic acids is 1. The molecule has 1 saturated heterocycles. The van der Waals surface area contributed by atoms with Crippen LogP contribution in [-0.2, 0) is 9.53 Å². The summed E-state index contributed by atoms with van der Waals surface area (Å²) in [6, 6.07) is 0. The minimum Gasteiger partial charge on any atom is -0.378 e. The zero-order valence-corrected chi connectivity index (χ0v) is 9.86. The molecule has 1 spiro atoms. The summed E-state index contributed by atoms with van der Waals surface area (Å²) in [6.07, 6.45) is 2.21. The van der Waals surface area contributed by atoms with Crippen LogP contribution >= 0.6 is 0 Å². The molecule has 1 aromatic heterocycles. The van der Waals surface area contributed by atoms with Crippen molar-refractivity contribution in [3.63, 3.8) is 0 Å². The second kappa shape index (κ2) is 3.40. The van der Waals surface area contributed by atoms with Gasteiger partial charge in [-0.3, -0.25) is 4.79 Å². The smallest absolute Gasteiger partial charge is 0.252 e. The predicted octanol–water partition coefficient (Wildman–Crippen LogP) is 0.332. The number of hydrogen-bond acceptors (Lipinski definition) is 5. The highest BCUT2D eigenvalue weighted by atomic mass is 16.5. The molecule has 0 bridgehead atoms. The van der Waals surface area contributed by atoms with Crippen LogP contribution in [0, 0.1) is 6.92 Å². The van der Waals surface area contributed by atoms with Crippen molar-refractivity contribution >= 4 is 17.4 Å². The van der Waals surface area contributed by atoms with Crippen LogP contribution in [0.5, 0.6) is 0 Å². The van der Waals surface area contributed by atoms with Crippen LogP contribution in [0.3, 0.4) is 0 Å². The Bertz CT molecular complexity index is 482. The lowest BCUT2D eigenvalue weighted by Crippen LogP contribution is -2.59. The first-order valence-corrected chi connectivity index (χ1v) is 5.60. The standard InChI is InChI=1S/C11H14N4O2/c1-7-8-9(13-6-12-7)15(2)11(10(16)14-8)3-4-17-5-11/h6H,3-5H2,1-2H3,(H,14,16). The Labute approximate surface area is 99.0 Å². The summed E-state index contributed by atoms with van der Waals surface area (Å²) >= 11 is 0. The lowest BCUT2D eigenvalue weighted by molar-refractivity contribution is -0.121.